The molecular weight excluding hydrogens is 266 g/mol. The summed E-state index contributed by atoms with van der Waals surface area (Å²) in [6.45, 7) is 4.43. The van der Waals surface area contributed by atoms with Gasteiger partial charge in [0.05, 0.1) is 11.6 Å². The fourth-order valence-electron chi connectivity index (χ4n) is 2.10. The van der Waals surface area contributed by atoms with Crippen molar-refractivity contribution in [1.82, 2.24) is 0 Å². The van der Waals surface area contributed by atoms with E-state index in [1.54, 1.807) is 7.11 Å². The standard InChI is InChI=1S/C13H18BrNO/c1-12(2,13(15)6-7-13)9-4-5-11(16-3)10(14)8-9/h4-5,8H,6-7,15H2,1-3H3. The third kappa shape index (κ3) is 1.76. The van der Waals surface area contributed by atoms with Crippen LogP contribution in [0.5, 0.6) is 5.75 Å². The molecule has 3 heteroatoms. The van der Waals surface area contributed by atoms with Gasteiger partial charge in [0, 0.05) is 11.0 Å². The predicted molar refractivity (Wildman–Crippen MR) is 69.9 cm³/mol. The second-order valence-electron chi connectivity index (χ2n) is 5.13. The Hall–Kier alpha value is -0.540. The molecule has 1 aliphatic carbocycles. The number of rotatable bonds is 3. The molecule has 0 unspecified atom stereocenters. The molecule has 0 amide bonds. The Morgan fingerprint density at radius 1 is 1.38 bits per heavy atom. The molecule has 0 heterocycles. The third-order valence-corrected chi connectivity index (χ3v) is 4.53. The van der Waals surface area contributed by atoms with Gasteiger partial charge in [0.15, 0.2) is 0 Å². The number of ether oxygens (including phenoxy) is 1. The van der Waals surface area contributed by atoms with E-state index in [-0.39, 0.29) is 11.0 Å². The van der Waals surface area contributed by atoms with E-state index in [1.165, 1.54) is 5.56 Å². The van der Waals surface area contributed by atoms with Crippen molar-refractivity contribution in [3.05, 3.63) is 28.2 Å². The summed E-state index contributed by atoms with van der Waals surface area (Å²) in [5, 5.41) is 0. The number of nitrogens with two attached hydrogens (primary N) is 1. The first-order valence-corrected chi connectivity index (χ1v) is 6.33. The number of halogens is 1. The van der Waals surface area contributed by atoms with Crippen LogP contribution in [0.4, 0.5) is 0 Å². The number of benzene rings is 1. The lowest BCUT2D eigenvalue weighted by molar-refractivity contribution is 0.387. The Bertz CT molecular complexity index is 410. The Kier molecular flexibility index (Phi) is 2.79. The average Bonchev–Trinajstić information content (AvgIpc) is 2.98. The molecule has 0 saturated heterocycles. The van der Waals surface area contributed by atoms with Crippen LogP contribution in [0, 0.1) is 0 Å². The van der Waals surface area contributed by atoms with E-state index in [2.05, 4.69) is 41.9 Å². The molecule has 88 valence electrons. The van der Waals surface area contributed by atoms with Crippen molar-refractivity contribution < 1.29 is 4.74 Å². The summed E-state index contributed by atoms with van der Waals surface area (Å²) in [5.41, 5.74) is 7.58. The fraction of sp³-hybridized carbons (Fsp3) is 0.538. The minimum atomic E-state index is -0.0268. The maximum Gasteiger partial charge on any atom is 0.133 e. The van der Waals surface area contributed by atoms with Crippen LogP contribution in [0.2, 0.25) is 0 Å². The lowest BCUT2D eigenvalue weighted by atomic mass is 9.76. The first-order valence-electron chi connectivity index (χ1n) is 5.54. The molecule has 2 N–H and O–H groups in total. The van der Waals surface area contributed by atoms with Gasteiger partial charge < -0.3 is 10.5 Å². The predicted octanol–water partition coefficient (Wildman–Crippen LogP) is 3.23. The van der Waals surface area contributed by atoms with Crippen LogP contribution in [0.3, 0.4) is 0 Å². The van der Waals surface area contributed by atoms with Crippen LogP contribution in [0.1, 0.15) is 32.3 Å². The molecule has 16 heavy (non-hydrogen) atoms. The number of hydrogen-bond acceptors (Lipinski definition) is 2. The van der Waals surface area contributed by atoms with Crippen LogP contribution in [0.15, 0.2) is 22.7 Å². The second kappa shape index (κ2) is 3.74. The van der Waals surface area contributed by atoms with Crippen LogP contribution in [-0.2, 0) is 5.41 Å². The first kappa shape index (κ1) is 11.9. The summed E-state index contributed by atoms with van der Waals surface area (Å²) in [7, 11) is 1.68. The zero-order chi connectivity index (χ0) is 12.0. The Labute approximate surface area is 105 Å². The number of hydrogen-bond donors (Lipinski definition) is 1. The fourth-order valence-corrected chi connectivity index (χ4v) is 2.64. The second-order valence-corrected chi connectivity index (χ2v) is 5.98. The zero-order valence-electron chi connectivity index (χ0n) is 10.0. The molecule has 1 aliphatic rings. The lowest BCUT2D eigenvalue weighted by Gasteiger charge is -2.32. The smallest absolute Gasteiger partial charge is 0.133 e. The highest BCUT2D eigenvalue weighted by Crippen LogP contribution is 2.49. The summed E-state index contributed by atoms with van der Waals surface area (Å²) < 4.78 is 6.23. The highest BCUT2D eigenvalue weighted by Gasteiger charge is 2.51. The normalized spacial score (nSPS) is 18.3. The van der Waals surface area contributed by atoms with Crippen molar-refractivity contribution >= 4 is 15.9 Å². The van der Waals surface area contributed by atoms with Crippen LogP contribution in [0.25, 0.3) is 0 Å². The molecule has 1 aromatic rings. The summed E-state index contributed by atoms with van der Waals surface area (Å²) in [5.74, 6) is 0.862. The summed E-state index contributed by atoms with van der Waals surface area (Å²) in [4.78, 5) is 0. The summed E-state index contributed by atoms with van der Waals surface area (Å²) >= 11 is 3.52. The van der Waals surface area contributed by atoms with Gasteiger partial charge in [-0.05, 0) is 46.5 Å². The molecule has 0 atom stereocenters. The molecule has 1 aromatic carbocycles. The molecule has 2 rings (SSSR count). The van der Waals surface area contributed by atoms with Crippen molar-refractivity contribution in [3.63, 3.8) is 0 Å². The maximum atomic E-state index is 6.33. The molecule has 0 radical (unpaired) electrons. The van der Waals surface area contributed by atoms with E-state index < -0.39 is 0 Å². The van der Waals surface area contributed by atoms with E-state index >= 15 is 0 Å². The van der Waals surface area contributed by atoms with Crippen molar-refractivity contribution in [3.8, 4) is 5.75 Å². The van der Waals surface area contributed by atoms with E-state index in [0.717, 1.165) is 23.1 Å². The Morgan fingerprint density at radius 2 is 2.00 bits per heavy atom. The van der Waals surface area contributed by atoms with Gasteiger partial charge in [0.1, 0.15) is 5.75 Å². The highest BCUT2D eigenvalue weighted by molar-refractivity contribution is 9.10. The lowest BCUT2D eigenvalue weighted by Crippen LogP contribution is -2.43. The van der Waals surface area contributed by atoms with Crippen LogP contribution >= 0.6 is 15.9 Å². The quantitative estimate of drug-likeness (QED) is 0.925. The van der Waals surface area contributed by atoms with Crippen molar-refractivity contribution in [2.45, 2.75) is 37.6 Å². The van der Waals surface area contributed by atoms with E-state index in [0.29, 0.717) is 0 Å². The average molecular weight is 284 g/mol. The van der Waals surface area contributed by atoms with Crippen molar-refractivity contribution in [2.24, 2.45) is 5.73 Å². The van der Waals surface area contributed by atoms with Gasteiger partial charge in [-0.2, -0.15) is 0 Å². The summed E-state index contributed by atoms with van der Waals surface area (Å²) in [6, 6.07) is 6.22. The van der Waals surface area contributed by atoms with Crippen molar-refractivity contribution in [2.75, 3.05) is 7.11 Å². The SMILES string of the molecule is COc1ccc(C(C)(C)C2(N)CC2)cc1Br. The van der Waals surface area contributed by atoms with Gasteiger partial charge in [-0.1, -0.05) is 19.9 Å². The van der Waals surface area contributed by atoms with Gasteiger partial charge in [-0.25, -0.2) is 0 Å². The van der Waals surface area contributed by atoms with E-state index in [1.807, 2.05) is 6.07 Å². The largest absolute Gasteiger partial charge is 0.496 e. The van der Waals surface area contributed by atoms with Crippen LogP contribution in [-0.4, -0.2) is 12.6 Å². The molecule has 1 saturated carbocycles. The molecule has 0 spiro atoms. The van der Waals surface area contributed by atoms with Gasteiger partial charge in [-0.15, -0.1) is 0 Å². The minimum absolute atomic E-state index is 0.0157. The van der Waals surface area contributed by atoms with E-state index in [9.17, 15) is 0 Å². The Balaban J connectivity index is 2.37. The van der Waals surface area contributed by atoms with Gasteiger partial charge in [0.2, 0.25) is 0 Å². The molecule has 2 nitrogen and oxygen atoms in total. The molecule has 0 aliphatic heterocycles. The maximum absolute atomic E-state index is 6.33. The van der Waals surface area contributed by atoms with Gasteiger partial charge in [-0.3, -0.25) is 0 Å². The van der Waals surface area contributed by atoms with Gasteiger partial charge in [0.25, 0.3) is 0 Å². The van der Waals surface area contributed by atoms with E-state index in [4.69, 9.17) is 10.5 Å². The molecule has 0 bridgehead atoms. The first-order chi connectivity index (χ1) is 7.40. The van der Waals surface area contributed by atoms with Gasteiger partial charge >= 0.3 is 0 Å². The monoisotopic (exact) mass is 283 g/mol. The molecular formula is C13H18BrNO. The third-order valence-electron chi connectivity index (χ3n) is 3.91. The zero-order valence-corrected chi connectivity index (χ0v) is 11.6. The summed E-state index contributed by atoms with van der Waals surface area (Å²) in [6.07, 6.45) is 2.23. The topological polar surface area (TPSA) is 35.2 Å². The Morgan fingerprint density at radius 3 is 2.44 bits per heavy atom. The highest BCUT2D eigenvalue weighted by atomic mass is 79.9. The molecule has 1 fully saturated rings. The number of methoxy groups -OCH3 is 1. The molecule has 0 aromatic heterocycles. The minimum Gasteiger partial charge on any atom is -0.496 e. The van der Waals surface area contributed by atoms with Crippen molar-refractivity contribution in [1.29, 1.82) is 0 Å². The van der Waals surface area contributed by atoms with Crippen LogP contribution < -0.4 is 10.5 Å².